The molecule has 1 atom stereocenters. The summed E-state index contributed by atoms with van der Waals surface area (Å²) in [6.45, 7) is 6.88. The Morgan fingerprint density at radius 1 is 1.33 bits per heavy atom. The summed E-state index contributed by atoms with van der Waals surface area (Å²) < 4.78 is 0. The Balaban J connectivity index is 1.97. The van der Waals surface area contributed by atoms with Gasteiger partial charge in [-0.25, -0.2) is 0 Å². The molecule has 2 rings (SSSR count). The van der Waals surface area contributed by atoms with Crippen LogP contribution in [0.2, 0.25) is 0 Å². The molecule has 100 valence electrons. The van der Waals surface area contributed by atoms with E-state index in [2.05, 4.69) is 55.4 Å². The maximum absolute atomic E-state index is 3.57. The Labute approximate surface area is 111 Å². The van der Waals surface area contributed by atoms with Crippen molar-refractivity contribution in [3.05, 3.63) is 29.8 Å². The molecule has 1 N–H and O–H groups in total. The molecule has 1 aliphatic heterocycles. The maximum atomic E-state index is 3.57. The van der Waals surface area contributed by atoms with Gasteiger partial charge >= 0.3 is 0 Å². The van der Waals surface area contributed by atoms with Crippen LogP contribution in [-0.2, 0) is 0 Å². The predicted octanol–water partition coefficient (Wildman–Crippen LogP) is 3.39. The number of para-hydroxylation sites is 1. The van der Waals surface area contributed by atoms with E-state index in [0.29, 0.717) is 5.92 Å². The van der Waals surface area contributed by atoms with E-state index in [9.17, 15) is 0 Å². The summed E-state index contributed by atoms with van der Waals surface area (Å²) in [5.74, 6) is 0.591. The summed E-state index contributed by atoms with van der Waals surface area (Å²) in [5, 5.41) is 3.57. The van der Waals surface area contributed by atoms with Crippen molar-refractivity contribution < 1.29 is 0 Å². The minimum absolute atomic E-state index is 0.591. The first-order valence-electron chi connectivity index (χ1n) is 7.22. The topological polar surface area (TPSA) is 15.3 Å². The highest BCUT2D eigenvalue weighted by molar-refractivity contribution is 5.54. The van der Waals surface area contributed by atoms with Gasteiger partial charge in [-0.1, -0.05) is 32.0 Å². The molecule has 1 aliphatic rings. The molecule has 0 amide bonds. The average molecular weight is 246 g/mol. The lowest BCUT2D eigenvalue weighted by Crippen LogP contribution is -2.28. The Morgan fingerprint density at radius 2 is 2.11 bits per heavy atom. The molecule has 1 aromatic rings. The van der Waals surface area contributed by atoms with Gasteiger partial charge in [0, 0.05) is 25.3 Å². The van der Waals surface area contributed by atoms with E-state index in [1.54, 1.807) is 0 Å². The van der Waals surface area contributed by atoms with Gasteiger partial charge in [-0.05, 0) is 43.4 Å². The molecule has 18 heavy (non-hydrogen) atoms. The molecule has 1 unspecified atom stereocenters. The third-order valence-electron chi connectivity index (χ3n) is 3.95. The highest BCUT2D eigenvalue weighted by Crippen LogP contribution is 2.26. The molecule has 0 radical (unpaired) electrons. The molecule has 0 aromatic heterocycles. The number of nitrogens with one attached hydrogen (secondary N) is 1. The van der Waals surface area contributed by atoms with Gasteiger partial charge in [0.25, 0.3) is 0 Å². The van der Waals surface area contributed by atoms with Crippen LogP contribution in [0.25, 0.3) is 0 Å². The zero-order valence-corrected chi connectivity index (χ0v) is 11.9. The molecule has 1 aromatic carbocycles. The third kappa shape index (κ3) is 3.26. The van der Waals surface area contributed by atoms with E-state index in [0.717, 1.165) is 12.6 Å². The smallest absolute Gasteiger partial charge is 0.0398 e. The van der Waals surface area contributed by atoms with E-state index in [-0.39, 0.29) is 0 Å². The molecule has 0 aliphatic carbocycles. The van der Waals surface area contributed by atoms with Crippen LogP contribution < -0.4 is 10.2 Å². The predicted molar refractivity (Wildman–Crippen MR) is 79.4 cm³/mol. The highest BCUT2D eigenvalue weighted by Gasteiger charge is 2.15. The summed E-state index contributed by atoms with van der Waals surface area (Å²) in [6, 6.07) is 9.53. The second kappa shape index (κ2) is 6.24. The van der Waals surface area contributed by atoms with Crippen molar-refractivity contribution in [2.75, 3.05) is 25.0 Å². The molecule has 0 spiro atoms. The molecule has 0 bridgehead atoms. The fraction of sp³-hybridized carbons (Fsp3) is 0.625. The van der Waals surface area contributed by atoms with Gasteiger partial charge in [-0.2, -0.15) is 0 Å². The number of rotatable bonds is 5. The van der Waals surface area contributed by atoms with Gasteiger partial charge in [-0.15, -0.1) is 0 Å². The lowest BCUT2D eigenvalue weighted by molar-refractivity contribution is 0.558. The van der Waals surface area contributed by atoms with Crippen molar-refractivity contribution in [2.24, 2.45) is 0 Å². The zero-order valence-electron chi connectivity index (χ0n) is 11.9. The summed E-state index contributed by atoms with van der Waals surface area (Å²) in [6.07, 6.45) is 3.94. The first kappa shape index (κ1) is 13.4. The molecular formula is C16H26N2. The third-order valence-corrected chi connectivity index (χ3v) is 3.95. The second-order valence-corrected chi connectivity index (χ2v) is 5.72. The van der Waals surface area contributed by atoms with E-state index >= 15 is 0 Å². The Bertz CT molecular complexity index is 367. The van der Waals surface area contributed by atoms with Crippen LogP contribution in [0.3, 0.4) is 0 Å². The van der Waals surface area contributed by atoms with Crippen LogP contribution in [0.15, 0.2) is 24.3 Å². The molecule has 2 heteroatoms. The summed E-state index contributed by atoms with van der Waals surface area (Å²) in [5.41, 5.74) is 2.85. The van der Waals surface area contributed by atoms with Crippen LogP contribution >= 0.6 is 0 Å². The Morgan fingerprint density at radius 3 is 2.78 bits per heavy atom. The lowest BCUT2D eigenvalue weighted by atomic mass is 10.0. The minimum atomic E-state index is 0.591. The van der Waals surface area contributed by atoms with E-state index in [1.165, 1.54) is 37.1 Å². The molecule has 0 saturated carbocycles. The standard InChI is InChI=1S/C16H26N2/c1-13(2)15-8-4-5-9-16(15)18(3)12-10-14-7-6-11-17-14/h4-5,8-9,13-14,17H,6-7,10-12H2,1-3H3. The van der Waals surface area contributed by atoms with Gasteiger partial charge in [0.1, 0.15) is 0 Å². The first-order chi connectivity index (χ1) is 8.68. The van der Waals surface area contributed by atoms with Crippen molar-refractivity contribution >= 4 is 5.69 Å². The summed E-state index contributed by atoms with van der Waals surface area (Å²) in [7, 11) is 2.22. The van der Waals surface area contributed by atoms with Crippen molar-refractivity contribution in [1.82, 2.24) is 5.32 Å². The van der Waals surface area contributed by atoms with Gasteiger partial charge in [0.2, 0.25) is 0 Å². The van der Waals surface area contributed by atoms with Gasteiger partial charge in [0.05, 0.1) is 0 Å². The van der Waals surface area contributed by atoms with Gasteiger partial charge in [-0.3, -0.25) is 0 Å². The highest BCUT2D eigenvalue weighted by atomic mass is 15.1. The van der Waals surface area contributed by atoms with Crippen LogP contribution in [0.5, 0.6) is 0 Å². The van der Waals surface area contributed by atoms with E-state index in [1.807, 2.05) is 0 Å². The van der Waals surface area contributed by atoms with Crippen LogP contribution in [0.4, 0.5) is 5.69 Å². The van der Waals surface area contributed by atoms with Crippen molar-refractivity contribution in [1.29, 1.82) is 0 Å². The SMILES string of the molecule is CC(C)c1ccccc1N(C)CCC1CCCN1. The Hall–Kier alpha value is -1.02. The van der Waals surface area contributed by atoms with Gasteiger partial charge < -0.3 is 10.2 Å². The molecule has 1 fully saturated rings. The number of hydrogen-bond donors (Lipinski definition) is 1. The minimum Gasteiger partial charge on any atom is -0.374 e. The van der Waals surface area contributed by atoms with Gasteiger partial charge in [0.15, 0.2) is 0 Å². The van der Waals surface area contributed by atoms with E-state index in [4.69, 9.17) is 0 Å². The number of hydrogen-bond acceptors (Lipinski definition) is 2. The van der Waals surface area contributed by atoms with E-state index < -0.39 is 0 Å². The maximum Gasteiger partial charge on any atom is 0.0398 e. The molecule has 1 saturated heterocycles. The second-order valence-electron chi connectivity index (χ2n) is 5.72. The van der Waals surface area contributed by atoms with Crippen LogP contribution in [0.1, 0.15) is 44.6 Å². The summed E-state index contributed by atoms with van der Waals surface area (Å²) >= 11 is 0. The fourth-order valence-corrected chi connectivity index (χ4v) is 2.80. The normalized spacial score (nSPS) is 19.4. The zero-order chi connectivity index (χ0) is 13.0. The number of benzene rings is 1. The lowest BCUT2D eigenvalue weighted by Gasteiger charge is -2.25. The van der Waals surface area contributed by atoms with Crippen molar-refractivity contribution in [3.8, 4) is 0 Å². The molecule has 1 heterocycles. The van der Waals surface area contributed by atoms with Crippen molar-refractivity contribution in [2.45, 2.75) is 45.1 Å². The number of anilines is 1. The van der Waals surface area contributed by atoms with Crippen LogP contribution in [-0.4, -0.2) is 26.2 Å². The van der Waals surface area contributed by atoms with Crippen LogP contribution in [0, 0.1) is 0 Å². The number of nitrogens with zero attached hydrogens (tertiary/aromatic N) is 1. The monoisotopic (exact) mass is 246 g/mol. The largest absolute Gasteiger partial charge is 0.374 e. The first-order valence-corrected chi connectivity index (χ1v) is 7.22. The molecular weight excluding hydrogens is 220 g/mol. The average Bonchev–Trinajstić information content (AvgIpc) is 2.89. The fourth-order valence-electron chi connectivity index (χ4n) is 2.80. The Kier molecular flexibility index (Phi) is 4.65. The summed E-state index contributed by atoms with van der Waals surface area (Å²) in [4.78, 5) is 2.41. The van der Waals surface area contributed by atoms with Crippen molar-refractivity contribution in [3.63, 3.8) is 0 Å². The quantitative estimate of drug-likeness (QED) is 0.856. The molecule has 2 nitrogen and oxygen atoms in total.